The van der Waals surface area contributed by atoms with Gasteiger partial charge in [-0.15, -0.1) is 0 Å². The van der Waals surface area contributed by atoms with Gasteiger partial charge >= 0.3 is 0 Å². The first-order chi connectivity index (χ1) is 15.2. The van der Waals surface area contributed by atoms with Crippen LogP contribution < -0.4 is 0 Å². The van der Waals surface area contributed by atoms with Gasteiger partial charge in [-0.25, -0.2) is 0 Å². The van der Waals surface area contributed by atoms with Crippen LogP contribution in [0.15, 0.2) is 0 Å². The zero-order chi connectivity index (χ0) is 22.9. The van der Waals surface area contributed by atoms with E-state index < -0.39 is 0 Å². The van der Waals surface area contributed by atoms with Crippen LogP contribution in [0.3, 0.4) is 0 Å². The van der Waals surface area contributed by atoms with Gasteiger partial charge in [-0.2, -0.15) is 0 Å². The van der Waals surface area contributed by atoms with E-state index in [1.165, 1.54) is 57.8 Å². The van der Waals surface area contributed by atoms with Crippen molar-refractivity contribution < 1.29 is 9.47 Å². The lowest BCUT2D eigenvalue weighted by atomic mass is 9.45. The second kappa shape index (κ2) is 10.2. The first-order valence-electron chi connectivity index (χ1n) is 13.8. The molecule has 8 atom stereocenters. The smallest absolute Gasteiger partial charge is 0.0632 e. The molecule has 0 saturated heterocycles. The maximum atomic E-state index is 6.51. The van der Waals surface area contributed by atoms with Gasteiger partial charge in [0.1, 0.15) is 0 Å². The highest BCUT2D eigenvalue weighted by Crippen LogP contribution is 2.66. The molecule has 4 aliphatic rings. The van der Waals surface area contributed by atoms with Gasteiger partial charge in [-0.3, -0.25) is 0 Å². The maximum Gasteiger partial charge on any atom is 0.0632 e. The van der Waals surface area contributed by atoms with Gasteiger partial charge < -0.3 is 19.3 Å². The van der Waals surface area contributed by atoms with Crippen LogP contribution in [-0.2, 0) is 9.47 Å². The Bertz CT molecular complexity index is 610. The first-order valence-corrected chi connectivity index (χ1v) is 13.8. The van der Waals surface area contributed by atoms with E-state index in [1.807, 2.05) is 0 Å². The number of fused-ring (bicyclic) bond motifs is 5. The van der Waals surface area contributed by atoms with Crippen molar-refractivity contribution in [2.75, 3.05) is 54.5 Å². The molecule has 0 heterocycles. The van der Waals surface area contributed by atoms with Gasteiger partial charge in [0.15, 0.2) is 0 Å². The second-order valence-corrected chi connectivity index (χ2v) is 12.9. The van der Waals surface area contributed by atoms with Crippen molar-refractivity contribution in [3.63, 3.8) is 0 Å². The molecule has 4 fully saturated rings. The van der Waals surface area contributed by atoms with Crippen molar-refractivity contribution in [3.8, 4) is 0 Å². The molecule has 0 aromatic rings. The predicted molar refractivity (Wildman–Crippen MR) is 133 cm³/mol. The molecule has 4 aliphatic carbocycles. The molecule has 4 rings (SSSR count). The Hall–Kier alpha value is -0.160. The average Bonchev–Trinajstić information content (AvgIpc) is 3.07. The molecule has 0 bridgehead atoms. The summed E-state index contributed by atoms with van der Waals surface area (Å²) in [6.07, 6.45) is 14.6. The van der Waals surface area contributed by atoms with Crippen molar-refractivity contribution >= 4 is 0 Å². The minimum atomic E-state index is 0.420. The molecule has 4 saturated carbocycles. The van der Waals surface area contributed by atoms with E-state index in [4.69, 9.17) is 9.47 Å². The molecule has 0 spiro atoms. The number of nitrogens with zero attached hydrogens (tertiary/aromatic N) is 2. The SMILES string of the molecule is CN(C)CCCO[C@H]1CCC2(C)C(CCC3C2CC[C@@]2(C)C3CC[C@@H]2OCCN(C)C)C1. The summed E-state index contributed by atoms with van der Waals surface area (Å²) in [7, 11) is 8.61. The Morgan fingerprint density at radius 2 is 1.44 bits per heavy atom. The largest absolute Gasteiger partial charge is 0.378 e. The molecule has 0 aromatic heterocycles. The molecule has 4 nitrogen and oxygen atoms in total. The number of hydrogen-bond acceptors (Lipinski definition) is 4. The zero-order valence-electron chi connectivity index (χ0n) is 22.1. The molecule has 0 aliphatic heterocycles. The first kappa shape index (κ1) is 24.9. The Morgan fingerprint density at radius 3 is 2.19 bits per heavy atom. The molecule has 0 radical (unpaired) electrons. The van der Waals surface area contributed by atoms with Crippen molar-refractivity contribution in [1.82, 2.24) is 9.80 Å². The highest BCUT2D eigenvalue weighted by molar-refractivity contribution is 5.09. The minimum Gasteiger partial charge on any atom is -0.378 e. The summed E-state index contributed by atoms with van der Waals surface area (Å²) in [5.74, 6) is 3.65. The highest BCUT2D eigenvalue weighted by atomic mass is 16.5. The zero-order valence-corrected chi connectivity index (χ0v) is 22.1. The van der Waals surface area contributed by atoms with Gasteiger partial charge in [-0.1, -0.05) is 13.8 Å². The van der Waals surface area contributed by atoms with E-state index in [2.05, 4.69) is 51.8 Å². The molecular formula is C28H52N2O2. The van der Waals surface area contributed by atoms with Crippen LogP contribution in [0.25, 0.3) is 0 Å². The lowest BCUT2D eigenvalue weighted by molar-refractivity contribution is -0.146. The molecule has 4 heteroatoms. The number of hydrogen-bond donors (Lipinski definition) is 0. The lowest BCUT2D eigenvalue weighted by Gasteiger charge is -2.61. The minimum absolute atomic E-state index is 0.420. The van der Waals surface area contributed by atoms with Gasteiger partial charge in [0.05, 0.1) is 18.8 Å². The van der Waals surface area contributed by atoms with E-state index in [-0.39, 0.29) is 0 Å². The van der Waals surface area contributed by atoms with E-state index in [0.717, 1.165) is 56.4 Å². The fourth-order valence-electron chi connectivity index (χ4n) is 8.60. The maximum absolute atomic E-state index is 6.51. The molecule has 5 unspecified atom stereocenters. The fraction of sp³-hybridized carbons (Fsp3) is 1.00. The monoisotopic (exact) mass is 448 g/mol. The molecule has 186 valence electrons. The van der Waals surface area contributed by atoms with Crippen LogP contribution in [0.2, 0.25) is 0 Å². The van der Waals surface area contributed by atoms with Gasteiger partial charge in [0.25, 0.3) is 0 Å². The summed E-state index contributed by atoms with van der Waals surface area (Å²) in [5, 5.41) is 0. The Morgan fingerprint density at radius 1 is 0.719 bits per heavy atom. The van der Waals surface area contributed by atoms with E-state index >= 15 is 0 Å². The van der Waals surface area contributed by atoms with Crippen molar-refractivity contribution in [2.45, 2.75) is 90.3 Å². The summed E-state index contributed by atoms with van der Waals surface area (Å²) in [5.41, 5.74) is 0.973. The van der Waals surface area contributed by atoms with Gasteiger partial charge in [0, 0.05) is 13.2 Å². The summed E-state index contributed by atoms with van der Waals surface area (Å²) >= 11 is 0. The third-order valence-electron chi connectivity index (χ3n) is 10.5. The third kappa shape index (κ3) is 4.95. The van der Waals surface area contributed by atoms with Crippen LogP contribution in [0.1, 0.15) is 78.1 Å². The molecule has 0 amide bonds. The van der Waals surface area contributed by atoms with E-state index in [0.29, 0.717) is 23.0 Å². The summed E-state index contributed by atoms with van der Waals surface area (Å²) in [6, 6.07) is 0. The van der Waals surface area contributed by atoms with E-state index in [9.17, 15) is 0 Å². The third-order valence-corrected chi connectivity index (χ3v) is 10.5. The summed E-state index contributed by atoms with van der Waals surface area (Å²) in [4.78, 5) is 4.51. The van der Waals surface area contributed by atoms with Crippen LogP contribution in [0, 0.1) is 34.5 Å². The predicted octanol–water partition coefficient (Wildman–Crippen LogP) is 5.31. The molecular weight excluding hydrogens is 396 g/mol. The Balaban J connectivity index is 1.34. The summed E-state index contributed by atoms with van der Waals surface area (Å²) in [6.45, 7) is 9.28. The summed E-state index contributed by atoms with van der Waals surface area (Å²) < 4.78 is 12.9. The molecule has 32 heavy (non-hydrogen) atoms. The van der Waals surface area contributed by atoms with Crippen LogP contribution in [0.4, 0.5) is 0 Å². The van der Waals surface area contributed by atoms with Gasteiger partial charge in [0.2, 0.25) is 0 Å². The number of likely N-dealkylation sites (N-methyl/N-ethyl adjacent to an activating group) is 1. The lowest BCUT2D eigenvalue weighted by Crippen LogP contribution is -2.54. The highest BCUT2D eigenvalue weighted by Gasteiger charge is 2.60. The Labute approximate surface area is 198 Å². The van der Waals surface area contributed by atoms with E-state index in [1.54, 1.807) is 0 Å². The van der Waals surface area contributed by atoms with Crippen LogP contribution >= 0.6 is 0 Å². The fourth-order valence-corrected chi connectivity index (χ4v) is 8.60. The topological polar surface area (TPSA) is 24.9 Å². The Kier molecular flexibility index (Phi) is 7.97. The van der Waals surface area contributed by atoms with Crippen molar-refractivity contribution in [1.29, 1.82) is 0 Å². The second-order valence-electron chi connectivity index (χ2n) is 12.9. The van der Waals surface area contributed by atoms with Crippen LogP contribution in [-0.4, -0.2) is 76.5 Å². The number of ether oxygens (including phenoxy) is 2. The quantitative estimate of drug-likeness (QED) is 0.446. The van der Waals surface area contributed by atoms with Crippen molar-refractivity contribution in [2.24, 2.45) is 34.5 Å². The van der Waals surface area contributed by atoms with Crippen molar-refractivity contribution in [3.05, 3.63) is 0 Å². The standard InChI is InChI=1S/C28H52N2O2/c1-27-14-12-22(31-18-7-16-29(3)4)20-21(27)8-9-23-24-10-11-26(32-19-17-30(5)6)28(24,2)15-13-25(23)27/h21-26H,7-20H2,1-6H3/t21?,22-,23?,24?,25?,26-,27?,28-/m0/s1. The normalized spacial score (nSPS) is 43.9. The molecule has 0 N–H and O–H groups in total. The van der Waals surface area contributed by atoms with Gasteiger partial charge in [-0.05, 0) is 133 Å². The van der Waals surface area contributed by atoms with Crippen LogP contribution in [0.5, 0.6) is 0 Å². The molecule has 0 aromatic carbocycles. The average molecular weight is 449 g/mol. The number of rotatable bonds is 9.